The summed E-state index contributed by atoms with van der Waals surface area (Å²) in [5.74, 6) is 0.550. The predicted octanol–water partition coefficient (Wildman–Crippen LogP) is 2.26. The summed E-state index contributed by atoms with van der Waals surface area (Å²) in [5, 5.41) is 8.16. The van der Waals surface area contributed by atoms with E-state index in [1.807, 2.05) is 29.9 Å². The molecule has 1 aliphatic rings. The van der Waals surface area contributed by atoms with Crippen LogP contribution in [0.5, 0.6) is 0 Å². The summed E-state index contributed by atoms with van der Waals surface area (Å²) in [6.45, 7) is 3.38. The minimum absolute atomic E-state index is 0.336. The van der Waals surface area contributed by atoms with E-state index in [-0.39, 0.29) is 0 Å². The number of aryl methyl sites for hydroxylation is 2. The molecule has 5 rings (SSSR count). The van der Waals surface area contributed by atoms with Crippen LogP contribution in [0.25, 0.3) is 16.9 Å². The molecule has 12 heteroatoms. The minimum atomic E-state index is -3.55. The molecule has 0 atom stereocenters. The molecule has 4 aromatic heterocycles. The lowest BCUT2D eigenvalue weighted by Gasteiger charge is -2.25. The number of nitrogens with one attached hydrogen (secondary N) is 1. The molecule has 1 saturated heterocycles. The number of fused-ring (bicyclic) bond motifs is 1. The molecule has 4 aromatic rings. The van der Waals surface area contributed by atoms with Crippen LogP contribution in [0, 0.1) is 6.92 Å². The highest BCUT2D eigenvalue weighted by Crippen LogP contribution is 2.35. The van der Waals surface area contributed by atoms with E-state index in [1.165, 1.54) is 15.6 Å². The second-order valence-corrected chi connectivity index (χ2v) is 10.4. The first kappa shape index (κ1) is 20.1. The van der Waals surface area contributed by atoms with Gasteiger partial charge in [-0.15, -0.1) is 11.3 Å². The van der Waals surface area contributed by atoms with E-state index in [0.29, 0.717) is 52.5 Å². The number of sulfonamides is 1. The lowest BCUT2D eigenvalue weighted by molar-refractivity contribution is 0.0731. The van der Waals surface area contributed by atoms with Crippen LogP contribution < -0.4 is 5.32 Å². The Kier molecular flexibility index (Phi) is 5.01. The van der Waals surface area contributed by atoms with Gasteiger partial charge in [0.25, 0.3) is 10.0 Å². The van der Waals surface area contributed by atoms with Gasteiger partial charge in [0.15, 0.2) is 11.5 Å². The number of hydrogen-bond donors (Lipinski definition) is 1. The zero-order valence-corrected chi connectivity index (χ0v) is 18.7. The molecule has 0 aromatic carbocycles. The highest BCUT2D eigenvalue weighted by Gasteiger charge is 2.29. The Morgan fingerprint density at radius 3 is 2.74 bits per heavy atom. The standard InChI is InChI=1S/C19H21N7O3S2/c1-13-9-16(30-19(13)31(27,28)25-5-7-29-8-6-25)23-17-18-21-11-15(26(18)4-3-20-17)14-10-22-24(2)12-14/h3-4,9-12H,5-8H2,1-2H3,(H,20,23). The molecule has 0 unspecified atom stereocenters. The number of nitrogens with zero attached hydrogens (tertiary/aromatic N) is 6. The number of ether oxygens (including phenoxy) is 1. The monoisotopic (exact) mass is 459 g/mol. The first-order chi connectivity index (χ1) is 14.9. The third-order valence-electron chi connectivity index (χ3n) is 5.09. The maximum absolute atomic E-state index is 13.1. The van der Waals surface area contributed by atoms with E-state index in [4.69, 9.17) is 4.74 Å². The molecular weight excluding hydrogens is 438 g/mol. The van der Waals surface area contributed by atoms with Crippen molar-refractivity contribution in [1.29, 1.82) is 0 Å². The van der Waals surface area contributed by atoms with Crippen molar-refractivity contribution in [1.82, 2.24) is 28.5 Å². The van der Waals surface area contributed by atoms with Gasteiger partial charge in [0, 0.05) is 44.3 Å². The zero-order valence-electron chi connectivity index (χ0n) is 17.0. The van der Waals surface area contributed by atoms with Crippen LogP contribution in [0.3, 0.4) is 0 Å². The van der Waals surface area contributed by atoms with Crippen molar-refractivity contribution in [2.45, 2.75) is 11.1 Å². The molecule has 31 heavy (non-hydrogen) atoms. The van der Waals surface area contributed by atoms with Crippen LogP contribution in [0.1, 0.15) is 5.56 Å². The van der Waals surface area contributed by atoms with Crippen LogP contribution in [0.15, 0.2) is 41.3 Å². The van der Waals surface area contributed by atoms with Crippen LogP contribution in [0.4, 0.5) is 10.8 Å². The van der Waals surface area contributed by atoms with Gasteiger partial charge in [0.2, 0.25) is 0 Å². The number of rotatable bonds is 5. The number of aromatic nitrogens is 5. The first-order valence-corrected chi connectivity index (χ1v) is 12.0. The van der Waals surface area contributed by atoms with Crippen LogP contribution in [0.2, 0.25) is 0 Å². The largest absolute Gasteiger partial charge is 0.379 e. The van der Waals surface area contributed by atoms with E-state index in [9.17, 15) is 8.42 Å². The van der Waals surface area contributed by atoms with Crippen molar-refractivity contribution in [2.75, 3.05) is 31.6 Å². The molecule has 0 spiro atoms. The fourth-order valence-corrected chi connectivity index (χ4v) is 6.72. The van der Waals surface area contributed by atoms with Crippen molar-refractivity contribution in [2.24, 2.45) is 7.05 Å². The molecule has 1 aliphatic heterocycles. The van der Waals surface area contributed by atoms with Gasteiger partial charge in [-0.3, -0.25) is 9.08 Å². The quantitative estimate of drug-likeness (QED) is 0.488. The Bertz CT molecular complexity index is 1350. The number of anilines is 2. The van der Waals surface area contributed by atoms with Gasteiger partial charge in [0.1, 0.15) is 4.21 Å². The second kappa shape index (κ2) is 7.71. The average molecular weight is 460 g/mol. The highest BCUT2D eigenvalue weighted by atomic mass is 32.2. The van der Waals surface area contributed by atoms with E-state index in [2.05, 4.69) is 20.4 Å². The van der Waals surface area contributed by atoms with E-state index >= 15 is 0 Å². The summed E-state index contributed by atoms with van der Waals surface area (Å²) >= 11 is 1.20. The fourth-order valence-electron chi connectivity index (χ4n) is 3.58. The molecule has 0 amide bonds. The Hall–Kier alpha value is -2.80. The molecular formula is C19H21N7O3S2. The van der Waals surface area contributed by atoms with Crippen molar-refractivity contribution >= 4 is 37.8 Å². The zero-order chi connectivity index (χ0) is 21.6. The van der Waals surface area contributed by atoms with E-state index in [1.54, 1.807) is 30.2 Å². The second-order valence-electron chi connectivity index (χ2n) is 7.24. The molecule has 0 saturated carbocycles. The Morgan fingerprint density at radius 2 is 2.00 bits per heavy atom. The Balaban J connectivity index is 1.47. The number of hydrogen-bond acceptors (Lipinski definition) is 8. The molecule has 10 nitrogen and oxygen atoms in total. The summed E-state index contributed by atoms with van der Waals surface area (Å²) in [5.41, 5.74) is 3.18. The summed E-state index contributed by atoms with van der Waals surface area (Å²) in [6.07, 6.45) is 8.99. The Morgan fingerprint density at radius 1 is 1.19 bits per heavy atom. The van der Waals surface area contributed by atoms with Gasteiger partial charge in [-0.25, -0.2) is 18.4 Å². The normalized spacial score (nSPS) is 15.5. The smallest absolute Gasteiger partial charge is 0.253 e. The number of imidazole rings is 1. The summed E-state index contributed by atoms with van der Waals surface area (Å²) in [6, 6.07) is 1.83. The van der Waals surface area contributed by atoms with Crippen LogP contribution in [-0.2, 0) is 21.8 Å². The maximum Gasteiger partial charge on any atom is 0.253 e. The van der Waals surface area contributed by atoms with Gasteiger partial charge in [-0.05, 0) is 18.6 Å². The fraction of sp³-hybridized carbons (Fsp3) is 0.316. The Labute approximate surface area is 183 Å². The summed E-state index contributed by atoms with van der Waals surface area (Å²) < 4.78 is 36.9. The molecule has 1 N–H and O–H groups in total. The van der Waals surface area contributed by atoms with E-state index in [0.717, 1.165) is 11.3 Å². The number of morpholine rings is 1. The maximum atomic E-state index is 13.1. The lowest BCUT2D eigenvalue weighted by atomic mass is 10.3. The van der Waals surface area contributed by atoms with Gasteiger partial charge in [0.05, 0.1) is 36.3 Å². The molecule has 5 heterocycles. The third kappa shape index (κ3) is 3.61. The minimum Gasteiger partial charge on any atom is -0.379 e. The van der Waals surface area contributed by atoms with Crippen molar-refractivity contribution < 1.29 is 13.2 Å². The van der Waals surface area contributed by atoms with Gasteiger partial charge < -0.3 is 10.1 Å². The van der Waals surface area contributed by atoms with Crippen molar-refractivity contribution in [3.63, 3.8) is 0 Å². The van der Waals surface area contributed by atoms with Crippen molar-refractivity contribution in [3.8, 4) is 11.3 Å². The van der Waals surface area contributed by atoms with Gasteiger partial charge in [-0.1, -0.05) is 0 Å². The molecule has 0 radical (unpaired) electrons. The molecule has 162 valence electrons. The van der Waals surface area contributed by atoms with Gasteiger partial charge in [-0.2, -0.15) is 9.40 Å². The molecule has 0 bridgehead atoms. The molecule has 0 aliphatic carbocycles. The molecule has 1 fully saturated rings. The lowest BCUT2D eigenvalue weighted by Crippen LogP contribution is -2.40. The topological polar surface area (TPSA) is 107 Å². The summed E-state index contributed by atoms with van der Waals surface area (Å²) in [4.78, 5) is 8.94. The third-order valence-corrected chi connectivity index (χ3v) is 8.75. The summed E-state index contributed by atoms with van der Waals surface area (Å²) in [7, 11) is -1.69. The van der Waals surface area contributed by atoms with Gasteiger partial charge >= 0.3 is 0 Å². The van der Waals surface area contributed by atoms with Crippen molar-refractivity contribution in [3.05, 3.63) is 42.6 Å². The van der Waals surface area contributed by atoms with E-state index < -0.39 is 10.0 Å². The SMILES string of the molecule is Cc1cc(Nc2nccn3c(-c4cnn(C)c4)cnc23)sc1S(=O)(=O)N1CCOCC1. The van der Waals surface area contributed by atoms with Crippen LogP contribution in [-0.4, -0.2) is 63.2 Å². The first-order valence-electron chi connectivity index (χ1n) is 9.70. The van der Waals surface area contributed by atoms with Crippen LogP contribution >= 0.6 is 11.3 Å². The average Bonchev–Trinajstić information content (AvgIpc) is 3.47. The number of thiophene rings is 1. The highest BCUT2D eigenvalue weighted by molar-refractivity contribution is 7.91. The predicted molar refractivity (Wildman–Crippen MR) is 117 cm³/mol.